The lowest BCUT2D eigenvalue weighted by molar-refractivity contribution is -0.143. The van der Waals surface area contributed by atoms with Crippen LogP contribution in [0.5, 0.6) is 0 Å². The Balaban J connectivity index is 1.89. The van der Waals surface area contributed by atoms with Gasteiger partial charge in [-0.15, -0.1) is 0 Å². The van der Waals surface area contributed by atoms with Gasteiger partial charge in [-0.25, -0.2) is 4.79 Å². The zero-order chi connectivity index (χ0) is 13.5. The monoisotopic (exact) mass is 260 g/mol. The first kappa shape index (κ1) is 12.5. The first-order chi connectivity index (χ1) is 9.12. The summed E-state index contributed by atoms with van der Waals surface area (Å²) in [5.41, 5.74) is 1.27. The summed E-state index contributed by atoms with van der Waals surface area (Å²) in [6.07, 6.45) is 2.77. The number of benzene rings is 1. The molecule has 2 fully saturated rings. The average molecular weight is 260 g/mol. The van der Waals surface area contributed by atoms with Crippen LogP contribution in [-0.2, 0) is 4.79 Å². The third-order valence-electron chi connectivity index (χ3n) is 4.53. The zero-order valence-electron chi connectivity index (χ0n) is 11.2. The molecule has 1 aromatic carbocycles. The second-order valence-electron chi connectivity index (χ2n) is 5.71. The second-order valence-corrected chi connectivity index (χ2v) is 5.71. The molecule has 2 unspecified atom stereocenters. The van der Waals surface area contributed by atoms with Crippen LogP contribution in [0.2, 0.25) is 0 Å². The largest absolute Gasteiger partial charge is 0.479 e. The van der Waals surface area contributed by atoms with Crippen LogP contribution in [0.15, 0.2) is 24.3 Å². The number of hydrogen-bond donors (Lipinski definition) is 2. The number of aryl methyl sites for hydroxylation is 1. The number of nitrogens with zero attached hydrogens (tertiary/aromatic N) is 1. The zero-order valence-corrected chi connectivity index (χ0v) is 11.2. The van der Waals surface area contributed by atoms with Crippen molar-refractivity contribution < 1.29 is 9.90 Å². The van der Waals surface area contributed by atoms with Crippen LogP contribution < -0.4 is 5.32 Å². The molecule has 2 saturated heterocycles. The minimum atomic E-state index is -0.814. The fourth-order valence-electron chi connectivity index (χ4n) is 3.48. The van der Waals surface area contributed by atoms with Gasteiger partial charge < -0.3 is 10.4 Å². The third kappa shape index (κ3) is 2.00. The van der Waals surface area contributed by atoms with Gasteiger partial charge in [0.05, 0.1) is 0 Å². The van der Waals surface area contributed by atoms with Gasteiger partial charge in [-0.3, -0.25) is 4.90 Å². The first-order valence-electron chi connectivity index (χ1n) is 6.94. The van der Waals surface area contributed by atoms with Crippen LogP contribution in [-0.4, -0.2) is 40.6 Å². The molecule has 1 aromatic rings. The van der Waals surface area contributed by atoms with Crippen molar-refractivity contribution in [1.82, 2.24) is 4.90 Å². The van der Waals surface area contributed by atoms with Crippen LogP contribution in [0.25, 0.3) is 0 Å². The molecule has 2 aliphatic rings. The number of nitrogens with one attached hydrogen (secondary N) is 1. The summed E-state index contributed by atoms with van der Waals surface area (Å²) in [6, 6.07) is 8.10. The number of aliphatic carboxylic acids is 1. The highest BCUT2D eigenvalue weighted by molar-refractivity contribution is 5.84. The number of anilines is 1. The quantitative estimate of drug-likeness (QED) is 0.874. The van der Waals surface area contributed by atoms with Gasteiger partial charge in [-0.2, -0.15) is 0 Å². The van der Waals surface area contributed by atoms with Crippen LogP contribution in [0.1, 0.15) is 24.8 Å². The molecule has 102 valence electrons. The summed E-state index contributed by atoms with van der Waals surface area (Å²) >= 11 is 0. The highest BCUT2D eigenvalue weighted by Gasteiger charge is 2.54. The summed E-state index contributed by atoms with van der Waals surface area (Å²) in [7, 11) is 0. The molecule has 0 aromatic heterocycles. The van der Waals surface area contributed by atoms with Crippen molar-refractivity contribution >= 4 is 11.7 Å². The van der Waals surface area contributed by atoms with Crippen molar-refractivity contribution in [2.75, 3.05) is 18.4 Å². The first-order valence-corrected chi connectivity index (χ1v) is 6.94. The Kier molecular flexibility index (Phi) is 2.97. The molecule has 2 aliphatic heterocycles. The molecule has 19 heavy (non-hydrogen) atoms. The smallest absolute Gasteiger partial charge is 0.331 e. The fraction of sp³-hybridized carbons (Fsp3) is 0.533. The Bertz CT molecular complexity index is 485. The molecule has 0 amide bonds. The molecule has 0 saturated carbocycles. The predicted molar refractivity (Wildman–Crippen MR) is 74.4 cm³/mol. The minimum Gasteiger partial charge on any atom is -0.479 e. The van der Waals surface area contributed by atoms with E-state index in [0.29, 0.717) is 6.42 Å². The molecule has 0 radical (unpaired) electrons. The number of carbonyl (C=O) groups is 1. The molecule has 4 nitrogen and oxygen atoms in total. The number of rotatable bonds is 3. The van der Waals surface area contributed by atoms with Crippen molar-refractivity contribution in [3.8, 4) is 0 Å². The molecular weight excluding hydrogens is 240 g/mol. The maximum Gasteiger partial charge on any atom is 0.331 e. The highest BCUT2D eigenvalue weighted by Crippen LogP contribution is 2.38. The summed E-state index contributed by atoms with van der Waals surface area (Å²) in [5, 5.41) is 13.0. The van der Waals surface area contributed by atoms with E-state index in [9.17, 15) is 9.90 Å². The van der Waals surface area contributed by atoms with Crippen LogP contribution in [0.3, 0.4) is 0 Å². The summed E-state index contributed by atoms with van der Waals surface area (Å²) in [6.45, 7) is 3.95. The van der Waals surface area contributed by atoms with Crippen LogP contribution in [0.4, 0.5) is 5.69 Å². The number of carboxylic acid groups (broad SMARTS) is 1. The standard InChI is InChI=1S/C15H20N2O2/c1-11-4-6-12(7-5-11)16-15(14(18)19)8-10-17-9-2-3-13(15)17/h4-7,13,16H,2-3,8-10H2,1H3,(H,18,19). The van der Waals surface area contributed by atoms with Crippen LogP contribution >= 0.6 is 0 Å². The summed E-state index contributed by atoms with van der Waals surface area (Å²) < 4.78 is 0. The molecule has 2 N–H and O–H groups in total. The minimum absolute atomic E-state index is 0.131. The fourth-order valence-corrected chi connectivity index (χ4v) is 3.48. The van der Waals surface area contributed by atoms with Gasteiger partial charge in [0.2, 0.25) is 0 Å². The van der Waals surface area contributed by atoms with Crippen molar-refractivity contribution in [3.63, 3.8) is 0 Å². The Labute approximate surface area is 113 Å². The van der Waals surface area contributed by atoms with Gasteiger partial charge in [0.1, 0.15) is 0 Å². The van der Waals surface area contributed by atoms with E-state index in [1.807, 2.05) is 31.2 Å². The molecule has 3 rings (SSSR count). The van der Waals surface area contributed by atoms with Gasteiger partial charge in [0.25, 0.3) is 0 Å². The Morgan fingerprint density at radius 1 is 1.37 bits per heavy atom. The van der Waals surface area contributed by atoms with Crippen molar-refractivity contribution in [2.24, 2.45) is 0 Å². The lowest BCUT2D eigenvalue weighted by atomic mass is 9.88. The van der Waals surface area contributed by atoms with E-state index >= 15 is 0 Å². The van der Waals surface area contributed by atoms with Gasteiger partial charge >= 0.3 is 5.97 Å². The third-order valence-corrected chi connectivity index (χ3v) is 4.53. The Hall–Kier alpha value is -1.55. The molecule has 0 spiro atoms. The Morgan fingerprint density at radius 3 is 2.79 bits per heavy atom. The molecular formula is C15H20N2O2. The SMILES string of the molecule is Cc1ccc(NC2(C(=O)O)CCN3CCCC32)cc1. The highest BCUT2D eigenvalue weighted by atomic mass is 16.4. The van der Waals surface area contributed by atoms with Crippen molar-refractivity contribution in [3.05, 3.63) is 29.8 Å². The average Bonchev–Trinajstić information content (AvgIpc) is 2.96. The van der Waals surface area contributed by atoms with Gasteiger partial charge in [0.15, 0.2) is 5.54 Å². The van der Waals surface area contributed by atoms with E-state index in [1.54, 1.807) is 0 Å². The van der Waals surface area contributed by atoms with Crippen LogP contribution in [0, 0.1) is 6.92 Å². The van der Waals surface area contributed by atoms with E-state index in [2.05, 4.69) is 10.2 Å². The summed E-state index contributed by atoms with van der Waals surface area (Å²) in [5.74, 6) is -0.720. The number of hydrogen-bond acceptors (Lipinski definition) is 3. The maximum atomic E-state index is 11.8. The Morgan fingerprint density at radius 2 is 2.11 bits per heavy atom. The van der Waals surface area contributed by atoms with E-state index in [-0.39, 0.29) is 6.04 Å². The van der Waals surface area contributed by atoms with Gasteiger partial charge in [0, 0.05) is 18.3 Å². The molecule has 0 aliphatic carbocycles. The normalized spacial score (nSPS) is 30.3. The lowest BCUT2D eigenvalue weighted by Crippen LogP contribution is -2.54. The predicted octanol–water partition coefficient (Wildman–Crippen LogP) is 2.10. The lowest BCUT2D eigenvalue weighted by Gasteiger charge is -2.33. The molecule has 2 heterocycles. The molecule has 0 bridgehead atoms. The number of carboxylic acids is 1. The number of fused-ring (bicyclic) bond motifs is 1. The molecule has 4 heteroatoms. The second kappa shape index (κ2) is 4.53. The van der Waals surface area contributed by atoms with E-state index in [0.717, 1.165) is 31.6 Å². The summed E-state index contributed by atoms with van der Waals surface area (Å²) in [4.78, 5) is 14.2. The van der Waals surface area contributed by atoms with Gasteiger partial charge in [-0.1, -0.05) is 17.7 Å². The maximum absolute atomic E-state index is 11.8. The molecule has 2 atom stereocenters. The van der Waals surface area contributed by atoms with E-state index in [4.69, 9.17) is 0 Å². The van der Waals surface area contributed by atoms with E-state index in [1.165, 1.54) is 5.56 Å². The topological polar surface area (TPSA) is 52.6 Å². The van der Waals surface area contributed by atoms with Crippen molar-refractivity contribution in [2.45, 2.75) is 37.8 Å². The van der Waals surface area contributed by atoms with E-state index < -0.39 is 11.5 Å². The van der Waals surface area contributed by atoms with Gasteiger partial charge in [-0.05, 0) is 44.9 Å². The van der Waals surface area contributed by atoms with Crippen molar-refractivity contribution in [1.29, 1.82) is 0 Å².